The molecule has 0 spiro atoms. The van der Waals surface area contributed by atoms with Crippen molar-refractivity contribution in [3.8, 4) is 5.75 Å². The maximum Gasteiger partial charge on any atom is 0.118 e. The molecule has 1 aromatic carbocycles. The summed E-state index contributed by atoms with van der Waals surface area (Å²) in [7, 11) is 1.69. The summed E-state index contributed by atoms with van der Waals surface area (Å²) >= 11 is 0. The molecule has 19 heavy (non-hydrogen) atoms. The maximum atomic E-state index is 8.90. The van der Waals surface area contributed by atoms with Gasteiger partial charge in [0.2, 0.25) is 0 Å². The van der Waals surface area contributed by atoms with Gasteiger partial charge in [-0.2, -0.15) is 0 Å². The number of methoxy groups -OCH3 is 1. The van der Waals surface area contributed by atoms with E-state index >= 15 is 0 Å². The minimum Gasteiger partial charge on any atom is -0.497 e. The first-order valence-corrected chi connectivity index (χ1v) is 7.06. The van der Waals surface area contributed by atoms with E-state index in [9.17, 15) is 0 Å². The highest BCUT2D eigenvalue weighted by Crippen LogP contribution is 2.22. The van der Waals surface area contributed by atoms with E-state index in [0.717, 1.165) is 18.7 Å². The van der Waals surface area contributed by atoms with Crippen LogP contribution in [0.3, 0.4) is 0 Å². The van der Waals surface area contributed by atoms with Crippen molar-refractivity contribution in [2.24, 2.45) is 5.92 Å². The van der Waals surface area contributed by atoms with E-state index in [2.05, 4.69) is 38.2 Å². The lowest BCUT2D eigenvalue weighted by Gasteiger charge is -2.23. The molecule has 3 heteroatoms. The second kappa shape index (κ2) is 8.18. The molecule has 0 radical (unpaired) electrons. The molecule has 3 atom stereocenters. The van der Waals surface area contributed by atoms with Crippen LogP contribution in [-0.2, 0) is 0 Å². The van der Waals surface area contributed by atoms with Crippen LogP contribution in [0.2, 0.25) is 0 Å². The number of aliphatic hydroxyl groups is 1. The molecule has 1 rings (SSSR count). The van der Waals surface area contributed by atoms with E-state index in [1.807, 2.05) is 12.1 Å². The first-order valence-electron chi connectivity index (χ1n) is 7.06. The molecule has 0 heterocycles. The molecule has 0 bridgehead atoms. The van der Waals surface area contributed by atoms with Gasteiger partial charge in [0.15, 0.2) is 0 Å². The van der Waals surface area contributed by atoms with Gasteiger partial charge >= 0.3 is 0 Å². The van der Waals surface area contributed by atoms with Gasteiger partial charge in [-0.05, 0) is 49.4 Å². The topological polar surface area (TPSA) is 41.5 Å². The molecule has 0 aliphatic heterocycles. The number of rotatable bonds is 8. The van der Waals surface area contributed by atoms with Gasteiger partial charge in [0, 0.05) is 12.6 Å². The monoisotopic (exact) mass is 265 g/mol. The largest absolute Gasteiger partial charge is 0.497 e. The van der Waals surface area contributed by atoms with E-state index in [1.165, 1.54) is 5.56 Å². The third-order valence-corrected chi connectivity index (χ3v) is 3.80. The summed E-state index contributed by atoms with van der Waals surface area (Å²) in [6.07, 6.45) is 0.858. The first kappa shape index (κ1) is 16.0. The van der Waals surface area contributed by atoms with Crippen LogP contribution in [0.1, 0.15) is 38.7 Å². The Kier molecular flexibility index (Phi) is 6.89. The van der Waals surface area contributed by atoms with Gasteiger partial charge in [-0.3, -0.25) is 0 Å². The number of aliphatic hydroxyl groups excluding tert-OH is 1. The lowest BCUT2D eigenvalue weighted by molar-refractivity contribution is 0.257. The third-order valence-electron chi connectivity index (χ3n) is 3.80. The lowest BCUT2D eigenvalue weighted by atomic mass is 9.94. The van der Waals surface area contributed by atoms with Crippen molar-refractivity contribution in [1.82, 2.24) is 5.32 Å². The zero-order valence-corrected chi connectivity index (χ0v) is 12.5. The second-order valence-corrected chi connectivity index (χ2v) is 5.38. The van der Waals surface area contributed by atoms with Gasteiger partial charge in [-0.1, -0.05) is 26.0 Å². The van der Waals surface area contributed by atoms with E-state index in [4.69, 9.17) is 9.84 Å². The molecule has 3 unspecified atom stereocenters. The fourth-order valence-electron chi connectivity index (χ4n) is 2.08. The summed E-state index contributed by atoms with van der Waals surface area (Å²) in [4.78, 5) is 0. The highest BCUT2D eigenvalue weighted by molar-refractivity contribution is 5.29. The van der Waals surface area contributed by atoms with Crippen molar-refractivity contribution in [3.05, 3.63) is 29.8 Å². The van der Waals surface area contributed by atoms with Gasteiger partial charge in [0.1, 0.15) is 5.75 Å². The SMILES string of the molecule is COc1ccc(C(C)C(C)NCC(C)CCO)cc1. The van der Waals surface area contributed by atoms with Gasteiger partial charge in [0.25, 0.3) is 0 Å². The normalized spacial score (nSPS) is 15.8. The quantitative estimate of drug-likeness (QED) is 0.759. The smallest absolute Gasteiger partial charge is 0.118 e. The van der Waals surface area contributed by atoms with Crippen molar-refractivity contribution in [2.45, 2.75) is 39.2 Å². The number of hydrogen-bond donors (Lipinski definition) is 2. The van der Waals surface area contributed by atoms with Crippen molar-refractivity contribution in [3.63, 3.8) is 0 Å². The van der Waals surface area contributed by atoms with Crippen LogP contribution in [0.5, 0.6) is 5.75 Å². The summed E-state index contributed by atoms with van der Waals surface area (Å²) in [5, 5.41) is 12.5. The molecule has 0 aromatic heterocycles. The summed E-state index contributed by atoms with van der Waals surface area (Å²) in [6, 6.07) is 8.67. The fourth-order valence-corrected chi connectivity index (χ4v) is 2.08. The van der Waals surface area contributed by atoms with Crippen molar-refractivity contribution < 1.29 is 9.84 Å². The van der Waals surface area contributed by atoms with Crippen molar-refractivity contribution in [2.75, 3.05) is 20.3 Å². The molecule has 0 aliphatic rings. The third kappa shape index (κ3) is 5.21. The van der Waals surface area contributed by atoms with E-state index in [-0.39, 0.29) is 6.61 Å². The molecule has 108 valence electrons. The highest BCUT2D eigenvalue weighted by atomic mass is 16.5. The van der Waals surface area contributed by atoms with Gasteiger partial charge in [-0.15, -0.1) is 0 Å². The number of benzene rings is 1. The highest BCUT2D eigenvalue weighted by Gasteiger charge is 2.14. The van der Waals surface area contributed by atoms with Crippen LogP contribution in [-0.4, -0.2) is 31.4 Å². The standard InChI is InChI=1S/C16H27NO2/c1-12(9-10-18)11-17-14(3)13(2)15-5-7-16(19-4)8-6-15/h5-8,12-14,17-18H,9-11H2,1-4H3. The Morgan fingerprint density at radius 1 is 1.16 bits per heavy atom. The number of ether oxygens (including phenoxy) is 1. The summed E-state index contributed by atoms with van der Waals surface area (Å²) in [5.41, 5.74) is 1.32. The predicted octanol–water partition coefficient (Wildman–Crippen LogP) is 2.80. The number of nitrogens with one attached hydrogen (secondary N) is 1. The summed E-state index contributed by atoms with van der Waals surface area (Å²) in [6.45, 7) is 7.82. The zero-order chi connectivity index (χ0) is 14.3. The minimum atomic E-state index is 0.269. The Bertz CT molecular complexity index is 350. The first-order chi connectivity index (χ1) is 9.08. The van der Waals surface area contributed by atoms with Crippen LogP contribution >= 0.6 is 0 Å². The average Bonchev–Trinajstić information content (AvgIpc) is 2.44. The van der Waals surface area contributed by atoms with Crippen LogP contribution in [0.4, 0.5) is 0 Å². The van der Waals surface area contributed by atoms with Crippen LogP contribution < -0.4 is 10.1 Å². The predicted molar refractivity (Wildman–Crippen MR) is 79.7 cm³/mol. The molecular weight excluding hydrogens is 238 g/mol. The van der Waals surface area contributed by atoms with Crippen LogP contribution in [0.25, 0.3) is 0 Å². The van der Waals surface area contributed by atoms with Gasteiger partial charge in [-0.25, -0.2) is 0 Å². The van der Waals surface area contributed by atoms with Crippen molar-refractivity contribution in [1.29, 1.82) is 0 Å². The fraction of sp³-hybridized carbons (Fsp3) is 0.625. The summed E-state index contributed by atoms with van der Waals surface area (Å²) in [5.74, 6) is 1.86. The van der Waals surface area contributed by atoms with Crippen LogP contribution in [0, 0.1) is 5.92 Å². The lowest BCUT2D eigenvalue weighted by Crippen LogP contribution is -2.34. The van der Waals surface area contributed by atoms with Crippen molar-refractivity contribution >= 4 is 0 Å². The minimum absolute atomic E-state index is 0.269. The second-order valence-electron chi connectivity index (χ2n) is 5.38. The van der Waals surface area contributed by atoms with Crippen LogP contribution in [0.15, 0.2) is 24.3 Å². The molecule has 0 fully saturated rings. The number of hydrogen-bond acceptors (Lipinski definition) is 3. The molecule has 3 nitrogen and oxygen atoms in total. The van der Waals surface area contributed by atoms with Gasteiger partial charge < -0.3 is 15.2 Å². The molecule has 0 saturated carbocycles. The Balaban J connectivity index is 2.48. The van der Waals surface area contributed by atoms with E-state index in [1.54, 1.807) is 7.11 Å². The molecule has 1 aromatic rings. The zero-order valence-electron chi connectivity index (χ0n) is 12.5. The maximum absolute atomic E-state index is 8.90. The Hall–Kier alpha value is -1.06. The van der Waals surface area contributed by atoms with E-state index < -0.39 is 0 Å². The average molecular weight is 265 g/mol. The Morgan fingerprint density at radius 2 is 1.79 bits per heavy atom. The molecule has 2 N–H and O–H groups in total. The van der Waals surface area contributed by atoms with E-state index in [0.29, 0.717) is 17.9 Å². The summed E-state index contributed by atoms with van der Waals surface area (Å²) < 4.78 is 5.18. The molecule has 0 amide bonds. The molecule has 0 saturated heterocycles. The Morgan fingerprint density at radius 3 is 2.32 bits per heavy atom. The molecular formula is C16H27NO2. The molecule has 0 aliphatic carbocycles. The van der Waals surface area contributed by atoms with Gasteiger partial charge in [0.05, 0.1) is 7.11 Å². The Labute approximate surface area is 117 Å².